The molecule has 0 N–H and O–H groups in total. The van der Waals surface area contributed by atoms with Crippen molar-refractivity contribution in [1.82, 2.24) is 4.98 Å². The van der Waals surface area contributed by atoms with Crippen LogP contribution in [0.5, 0.6) is 0 Å². The molecule has 2 aromatic rings. The molecule has 0 aliphatic heterocycles. The number of pyridine rings is 1. The van der Waals surface area contributed by atoms with Crippen LogP contribution < -0.4 is 0 Å². The number of hydrogen-bond donors (Lipinski definition) is 0. The SMILES string of the molecule is CC(C)c1ccccc1-c1cccnc1. The van der Waals surface area contributed by atoms with Crippen LogP contribution in [0.1, 0.15) is 25.3 Å². The molecule has 0 unspecified atom stereocenters. The molecule has 0 aliphatic rings. The van der Waals surface area contributed by atoms with Crippen LogP contribution in [0.15, 0.2) is 48.8 Å². The van der Waals surface area contributed by atoms with Gasteiger partial charge in [0.25, 0.3) is 0 Å². The molecule has 0 atom stereocenters. The average molecular weight is 197 g/mol. The first-order chi connectivity index (χ1) is 7.29. The predicted molar refractivity (Wildman–Crippen MR) is 63.8 cm³/mol. The molecule has 0 bridgehead atoms. The zero-order chi connectivity index (χ0) is 10.7. The second-order valence-electron chi connectivity index (χ2n) is 3.98. The molecule has 1 aromatic heterocycles. The molecule has 1 heteroatoms. The van der Waals surface area contributed by atoms with Crippen LogP contribution in [-0.4, -0.2) is 4.98 Å². The lowest BCUT2D eigenvalue weighted by Gasteiger charge is -2.12. The van der Waals surface area contributed by atoms with Crippen LogP contribution in [0.3, 0.4) is 0 Å². The Morgan fingerprint density at radius 1 is 1.00 bits per heavy atom. The van der Waals surface area contributed by atoms with Crippen LogP contribution in [0.4, 0.5) is 0 Å². The molecule has 1 heterocycles. The summed E-state index contributed by atoms with van der Waals surface area (Å²) in [5.74, 6) is 0.543. The van der Waals surface area contributed by atoms with Crippen molar-refractivity contribution in [2.75, 3.05) is 0 Å². The van der Waals surface area contributed by atoms with Gasteiger partial charge >= 0.3 is 0 Å². The van der Waals surface area contributed by atoms with E-state index in [0.29, 0.717) is 5.92 Å². The Hall–Kier alpha value is -1.63. The molecule has 15 heavy (non-hydrogen) atoms. The minimum atomic E-state index is 0.543. The fraction of sp³-hybridized carbons (Fsp3) is 0.214. The molecule has 0 saturated heterocycles. The molecule has 0 saturated carbocycles. The maximum atomic E-state index is 4.16. The van der Waals surface area contributed by atoms with Gasteiger partial charge < -0.3 is 0 Å². The van der Waals surface area contributed by atoms with Crippen LogP contribution in [-0.2, 0) is 0 Å². The fourth-order valence-corrected chi connectivity index (χ4v) is 1.79. The third-order valence-electron chi connectivity index (χ3n) is 2.56. The van der Waals surface area contributed by atoms with E-state index in [9.17, 15) is 0 Å². The van der Waals surface area contributed by atoms with Gasteiger partial charge in [-0.2, -0.15) is 0 Å². The average Bonchev–Trinajstić information content (AvgIpc) is 2.30. The maximum absolute atomic E-state index is 4.16. The minimum absolute atomic E-state index is 0.543. The predicted octanol–water partition coefficient (Wildman–Crippen LogP) is 3.87. The Morgan fingerprint density at radius 3 is 2.47 bits per heavy atom. The molecule has 1 nitrogen and oxygen atoms in total. The summed E-state index contributed by atoms with van der Waals surface area (Å²) in [4.78, 5) is 4.16. The summed E-state index contributed by atoms with van der Waals surface area (Å²) < 4.78 is 0. The smallest absolute Gasteiger partial charge is 0.0346 e. The summed E-state index contributed by atoms with van der Waals surface area (Å²) in [6.07, 6.45) is 3.72. The first kappa shape index (κ1) is 9.91. The number of nitrogens with zero attached hydrogens (tertiary/aromatic N) is 1. The lowest BCUT2D eigenvalue weighted by molar-refractivity contribution is 0.869. The topological polar surface area (TPSA) is 12.9 Å². The van der Waals surface area contributed by atoms with Gasteiger partial charge in [-0.05, 0) is 23.1 Å². The van der Waals surface area contributed by atoms with Gasteiger partial charge in [-0.3, -0.25) is 4.98 Å². The van der Waals surface area contributed by atoms with E-state index >= 15 is 0 Å². The largest absolute Gasteiger partial charge is 0.264 e. The van der Waals surface area contributed by atoms with Crippen molar-refractivity contribution < 1.29 is 0 Å². The lowest BCUT2D eigenvalue weighted by atomic mass is 9.93. The van der Waals surface area contributed by atoms with Crippen molar-refractivity contribution in [3.05, 3.63) is 54.4 Å². The molecular weight excluding hydrogens is 182 g/mol. The highest BCUT2D eigenvalue weighted by Gasteiger charge is 2.06. The van der Waals surface area contributed by atoms with E-state index in [-0.39, 0.29) is 0 Å². The second kappa shape index (κ2) is 4.26. The standard InChI is InChI=1S/C14H15N/c1-11(2)13-7-3-4-8-14(13)12-6-5-9-15-10-12/h3-11H,1-2H3. The molecule has 0 fully saturated rings. The van der Waals surface area contributed by atoms with E-state index in [2.05, 4.69) is 49.2 Å². The van der Waals surface area contributed by atoms with E-state index in [1.165, 1.54) is 16.7 Å². The number of aromatic nitrogens is 1. The van der Waals surface area contributed by atoms with Gasteiger partial charge in [0.15, 0.2) is 0 Å². The first-order valence-electron chi connectivity index (χ1n) is 5.28. The van der Waals surface area contributed by atoms with Crippen LogP contribution in [0, 0.1) is 0 Å². The summed E-state index contributed by atoms with van der Waals surface area (Å²) >= 11 is 0. The van der Waals surface area contributed by atoms with E-state index in [1.807, 2.05) is 18.5 Å². The van der Waals surface area contributed by atoms with Crippen LogP contribution in [0.2, 0.25) is 0 Å². The van der Waals surface area contributed by atoms with E-state index < -0.39 is 0 Å². The Labute approximate surface area is 90.8 Å². The van der Waals surface area contributed by atoms with E-state index in [0.717, 1.165) is 0 Å². The normalized spacial score (nSPS) is 10.6. The van der Waals surface area contributed by atoms with E-state index in [1.54, 1.807) is 0 Å². The zero-order valence-corrected chi connectivity index (χ0v) is 9.14. The third kappa shape index (κ3) is 2.07. The van der Waals surface area contributed by atoms with Gasteiger partial charge in [-0.1, -0.05) is 44.2 Å². The van der Waals surface area contributed by atoms with Gasteiger partial charge in [-0.25, -0.2) is 0 Å². The van der Waals surface area contributed by atoms with Gasteiger partial charge in [-0.15, -0.1) is 0 Å². The highest BCUT2D eigenvalue weighted by Crippen LogP contribution is 2.27. The number of rotatable bonds is 2. The molecule has 0 spiro atoms. The Bertz CT molecular complexity index is 432. The van der Waals surface area contributed by atoms with Crippen molar-refractivity contribution in [3.63, 3.8) is 0 Å². The monoisotopic (exact) mass is 197 g/mol. The highest BCUT2D eigenvalue weighted by molar-refractivity contribution is 5.66. The highest BCUT2D eigenvalue weighted by atomic mass is 14.6. The Balaban J connectivity index is 2.53. The van der Waals surface area contributed by atoms with Crippen molar-refractivity contribution in [3.8, 4) is 11.1 Å². The maximum Gasteiger partial charge on any atom is 0.0346 e. The summed E-state index contributed by atoms with van der Waals surface area (Å²) in [5, 5.41) is 0. The molecule has 0 amide bonds. The van der Waals surface area contributed by atoms with Crippen LogP contribution in [0.25, 0.3) is 11.1 Å². The molecule has 0 aliphatic carbocycles. The first-order valence-corrected chi connectivity index (χ1v) is 5.28. The minimum Gasteiger partial charge on any atom is -0.264 e. The molecule has 1 aromatic carbocycles. The third-order valence-corrected chi connectivity index (χ3v) is 2.56. The van der Waals surface area contributed by atoms with Gasteiger partial charge in [0.2, 0.25) is 0 Å². The molecular formula is C14H15N. The quantitative estimate of drug-likeness (QED) is 0.712. The van der Waals surface area contributed by atoms with Gasteiger partial charge in [0.05, 0.1) is 0 Å². The van der Waals surface area contributed by atoms with Crippen molar-refractivity contribution in [1.29, 1.82) is 0 Å². The van der Waals surface area contributed by atoms with Crippen molar-refractivity contribution in [2.24, 2.45) is 0 Å². The van der Waals surface area contributed by atoms with Gasteiger partial charge in [0, 0.05) is 18.0 Å². The molecule has 0 radical (unpaired) electrons. The Kier molecular flexibility index (Phi) is 2.82. The van der Waals surface area contributed by atoms with Crippen LogP contribution >= 0.6 is 0 Å². The molecule has 2 rings (SSSR count). The number of benzene rings is 1. The van der Waals surface area contributed by atoms with Crippen molar-refractivity contribution >= 4 is 0 Å². The summed E-state index contributed by atoms with van der Waals surface area (Å²) in [7, 11) is 0. The number of hydrogen-bond acceptors (Lipinski definition) is 1. The summed E-state index contributed by atoms with van der Waals surface area (Å²) in [5.41, 5.74) is 3.87. The second-order valence-corrected chi connectivity index (χ2v) is 3.98. The van der Waals surface area contributed by atoms with Gasteiger partial charge in [0.1, 0.15) is 0 Å². The summed E-state index contributed by atoms with van der Waals surface area (Å²) in [6.45, 7) is 4.43. The van der Waals surface area contributed by atoms with Crippen molar-refractivity contribution in [2.45, 2.75) is 19.8 Å². The zero-order valence-electron chi connectivity index (χ0n) is 9.14. The Morgan fingerprint density at radius 2 is 1.80 bits per heavy atom. The summed E-state index contributed by atoms with van der Waals surface area (Å²) in [6, 6.07) is 12.6. The fourth-order valence-electron chi connectivity index (χ4n) is 1.79. The van der Waals surface area contributed by atoms with E-state index in [4.69, 9.17) is 0 Å². The molecule has 76 valence electrons. The lowest BCUT2D eigenvalue weighted by Crippen LogP contribution is -1.91.